The monoisotopic (exact) mass is 480 g/mol. The molecule has 1 atom stereocenters. The Morgan fingerprint density at radius 1 is 0.882 bits per heavy atom. The molecule has 4 nitrogen and oxygen atoms in total. The van der Waals surface area contributed by atoms with Crippen LogP contribution < -0.4 is 4.90 Å². The van der Waals surface area contributed by atoms with Crippen LogP contribution in [0.3, 0.4) is 0 Å². The first-order chi connectivity index (χ1) is 16.3. The lowest BCUT2D eigenvalue weighted by Gasteiger charge is -2.33. The second-order valence-corrected chi connectivity index (χ2v) is 9.02. The van der Waals surface area contributed by atoms with Crippen molar-refractivity contribution >= 4 is 28.4 Å². The molecule has 0 saturated carbocycles. The maximum absolute atomic E-state index is 15.1. The number of halogens is 4. The van der Waals surface area contributed by atoms with Gasteiger partial charge in [0.15, 0.2) is 11.0 Å². The number of fused-ring (bicyclic) bond motifs is 4. The highest BCUT2D eigenvalue weighted by atomic mass is 32.2. The highest BCUT2D eigenvalue weighted by molar-refractivity contribution is 8.14. The number of alkyl halides is 3. The Labute approximate surface area is 196 Å². The predicted octanol–water partition coefficient (Wildman–Crippen LogP) is 7.04. The lowest BCUT2D eigenvalue weighted by atomic mass is 9.95. The number of aliphatic imine (C=N–C) groups is 1. The summed E-state index contributed by atoms with van der Waals surface area (Å²) in [7, 11) is 0. The standard InChI is InChI=1S/C25H16F4N4S/c1-14-21-22(15-8-2-4-10-17(15)26)32-19-12-6-7-13-20(19)34-24(32)30-23(21)33(31-14)18-11-5-3-9-16(18)25(27,28)29/h2-13,22H,1H3. The number of hydrogen-bond acceptors (Lipinski definition) is 4. The molecule has 0 saturated heterocycles. The van der Waals surface area contributed by atoms with Gasteiger partial charge in [0.25, 0.3) is 0 Å². The van der Waals surface area contributed by atoms with Crippen molar-refractivity contribution in [1.82, 2.24) is 9.78 Å². The summed E-state index contributed by atoms with van der Waals surface area (Å²) in [6, 6.07) is 18.8. The van der Waals surface area contributed by atoms with Crippen molar-refractivity contribution in [2.24, 2.45) is 4.99 Å². The fourth-order valence-corrected chi connectivity index (χ4v) is 5.60. The Morgan fingerprint density at radius 3 is 2.32 bits per heavy atom. The number of aromatic nitrogens is 2. The van der Waals surface area contributed by atoms with Crippen LogP contribution in [0.2, 0.25) is 0 Å². The van der Waals surface area contributed by atoms with Crippen LogP contribution in [0.4, 0.5) is 29.1 Å². The van der Waals surface area contributed by atoms with Crippen LogP contribution in [0.15, 0.2) is 82.7 Å². The maximum atomic E-state index is 15.1. The molecular formula is C25H16F4N4S. The van der Waals surface area contributed by atoms with Gasteiger partial charge in [-0.15, -0.1) is 0 Å². The number of hydrogen-bond donors (Lipinski definition) is 0. The molecule has 0 bridgehead atoms. The molecule has 0 aliphatic carbocycles. The Balaban J connectivity index is 1.65. The van der Waals surface area contributed by atoms with Crippen LogP contribution in [0.5, 0.6) is 0 Å². The van der Waals surface area contributed by atoms with Gasteiger partial charge in [-0.3, -0.25) is 0 Å². The third-order valence-corrected chi connectivity index (χ3v) is 7.02. The average molecular weight is 480 g/mol. The van der Waals surface area contributed by atoms with Crippen molar-refractivity contribution in [2.45, 2.75) is 24.0 Å². The van der Waals surface area contributed by atoms with Crippen molar-refractivity contribution in [3.8, 4) is 5.69 Å². The van der Waals surface area contributed by atoms with E-state index >= 15 is 4.39 Å². The highest BCUT2D eigenvalue weighted by Gasteiger charge is 2.43. The lowest BCUT2D eigenvalue weighted by molar-refractivity contribution is -0.137. The van der Waals surface area contributed by atoms with Crippen molar-refractivity contribution in [2.75, 3.05) is 4.90 Å². The molecule has 2 aliphatic rings. The molecule has 3 heterocycles. The quantitative estimate of drug-likeness (QED) is 0.289. The highest BCUT2D eigenvalue weighted by Crippen LogP contribution is 2.53. The van der Waals surface area contributed by atoms with Crippen molar-refractivity contribution < 1.29 is 17.6 Å². The average Bonchev–Trinajstić information content (AvgIpc) is 3.35. The van der Waals surface area contributed by atoms with Crippen LogP contribution in [0, 0.1) is 12.7 Å². The third kappa shape index (κ3) is 3.07. The Morgan fingerprint density at radius 2 is 1.56 bits per heavy atom. The maximum Gasteiger partial charge on any atom is 0.418 e. The van der Waals surface area contributed by atoms with E-state index in [2.05, 4.69) is 5.10 Å². The van der Waals surface area contributed by atoms with Gasteiger partial charge in [-0.1, -0.05) is 42.5 Å². The van der Waals surface area contributed by atoms with E-state index in [1.54, 1.807) is 25.1 Å². The molecule has 0 amide bonds. The molecule has 0 spiro atoms. The lowest BCUT2D eigenvalue weighted by Crippen LogP contribution is -2.34. The van der Waals surface area contributed by atoms with Gasteiger partial charge in [0, 0.05) is 16.0 Å². The fraction of sp³-hybridized carbons (Fsp3) is 0.120. The molecule has 1 unspecified atom stereocenters. The molecule has 1 aromatic heterocycles. The second kappa shape index (κ2) is 7.46. The van der Waals surface area contributed by atoms with E-state index in [4.69, 9.17) is 4.99 Å². The summed E-state index contributed by atoms with van der Waals surface area (Å²) in [4.78, 5) is 7.65. The summed E-state index contributed by atoms with van der Waals surface area (Å²) in [6.07, 6.45) is -4.57. The van der Waals surface area contributed by atoms with Gasteiger partial charge < -0.3 is 4.90 Å². The molecule has 0 fully saturated rings. The van der Waals surface area contributed by atoms with E-state index in [9.17, 15) is 13.2 Å². The van der Waals surface area contributed by atoms with Gasteiger partial charge in [0.1, 0.15) is 5.82 Å². The Kier molecular flexibility index (Phi) is 4.60. The number of rotatable bonds is 2. The first kappa shape index (κ1) is 21.0. The number of nitrogens with zero attached hydrogens (tertiary/aromatic N) is 4. The third-order valence-electron chi connectivity index (χ3n) is 5.98. The zero-order valence-electron chi connectivity index (χ0n) is 17.7. The van der Waals surface area contributed by atoms with E-state index in [0.717, 1.165) is 16.6 Å². The minimum absolute atomic E-state index is 0.120. The smallest absolute Gasteiger partial charge is 0.307 e. The molecule has 4 aromatic rings. The molecule has 9 heteroatoms. The van der Waals surface area contributed by atoms with Gasteiger partial charge in [-0.05, 0) is 49.0 Å². The molecule has 34 heavy (non-hydrogen) atoms. The Bertz CT molecular complexity index is 1470. The molecule has 0 radical (unpaired) electrons. The van der Waals surface area contributed by atoms with Gasteiger partial charge in [-0.2, -0.15) is 18.3 Å². The normalized spacial score (nSPS) is 16.7. The Hall–Kier alpha value is -3.59. The zero-order chi connectivity index (χ0) is 23.6. The van der Waals surface area contributed by atoms with Gasteiger partial charge in [-0.25, -0.2) is 14.1 Å². The van der Waals surface area contributed by atoms with Crippen LogP contribution in [-0.2, 0) is 6.18 Å². The van der Waals surface area contributed by atoms with Crippen molar-refractivity contribution in [3.63, 3.8) is 0 Å². The summed E-state index contributed by atoms with van der Waals surface area (Å²) >= 11 is 1.40. The second-order valence-electron chi connectivity index (χ2n) is 8.01. The van der Waals surface area contributed by atoms with E-state index in [-0.39, 0.29) is 11.5 Å². The molecule has 3 aromatic carbocycles. The van der Waals surface area contributed by atoms with E-state index < -0.39 is 23.6 Å². The number of thioether (sulfide) groups is 1. The molecular weight excluding hydrogens is 464 g/mol. The number of benzene rings is 3. The molecule has 6 rings (SSSR count). The summed E-state index contributed by atoms with van der Waals surface area (Å²) in [5.74, 6) is -0.133. The molecule has 170 valence electrons. The number of para-hydroxylation sites is 2. The summed E-state index contributed by atoms with van der Waals surface area (Å²) in [5, 5.41) is 5.04. The molecule has 2 aliphatic heterocycles. The first-order valence-corrected chi connectivity index (χ1v) is 11.3. The van der Waals surface area contributed by atoms with Crippen molar-refractivity contribution in [3.05, 3.63) is 101 Å². The van der Waals surface area contributed by atoms with Crippen LogP contribution >= 0.6 is 11.8 Å². The first-order valence-electron chi connectivity index (χ1n) is 10.5. The van der Waals surface area contributed by atoms with E-state index in [1.807, 2.05) is 29.2 Å². The van der Waals surface area contributed by atoms with Crippen LogP contribution in [-0.4, -0.2) is 14.9 Å². The predicted molar refractivity (Wildman–Crippen MR) is 123 cm³/mol. The minimum atomic E-state index is -4.57. The number of amidine groups is 1. The van der Waals surface area contributed by atoms with Gasteiger partial charge >= 0.3 is 6.18 Å². The van der Waals surface area contributed by atoms with Gasteiger partial charge in [0.2, 0.25) is 0 Å². The topological polar surface area (TPSA) is 33.4 Å². The van der Waals surface area contributed by atoms with E-state index in [1.165, 1.54) is 40.7 Å². The van der Waals surface area contributed by atoms with Crippen LogP contribution in [0.25, 0.3) is 5.69 Å². The minimum Gasteiger partial charge on any atom is -0.307 e. The summed E-state index contributed by atoms with van der Waals surface area (Å²) in [5.41, 5.74) is 1.39. The number of anilines is 1. The summed E-state index contributed by atoms with van der Waals surface area (Å²) in [6.45, 7) is 1.72. The largest absolute Gasteiger partial charge is 0.418 e. The van der Waals surface area contributed by atoms with Crippen LogP contribution in [0.1, 0.15) is 28.4 Å². The zero-order valence-corrected chi connectivity index (χ0v) is 18.5. The van der Waals surface area contributed by atoms with E-state index in [0.29, 0.717) is 22.0 Å². The number of aryl methyl sites for hydroxylation is 1. The SMILES string of the molecule is Cc1nn(-c2ccccc2C(F)(F)F)c2c1C(c1ccccc1F)N1C(=N2)Sc2ccccc21. The van der Waals surface area contributed by atoms with Gasteiger partial charge in [0.05, 0.1) is 28.7 Å². The summed E-state index contributed by atoms with van der Waals surface area (Å²) < 4.78 is 57.8. The van der Waals surface area contributed by atoms with Crippen molar-refractivity contribution in [1.29, 1.82) is 0 Å². The molecule has 0 N–H and O–H groups in total. The fourth-order valence-electron chi connectivity index (χ4n) is 4.55.